The van der Waals surface area contributed by atoms with Gasteiger partial charge < -0.3 is 10.5 Å². The molecule has 0 fully saturated rings. The van der Waals surface area contributed by atoms with Gasteiger partial charge in [-0.05, 0) is 12.3 Å². The quantitative estimate of drug-likeness (QED) is 0.736. The van der Waals surface area contributed by atoms with E-state index in [1.54, 1.807) is 0 Å². The van der Waals surface area contributed by atoms with Crippen molar-refractivity contribution >= 4 is 16.5 Å². The van der Waals surface area contributed by atoms with Gasteiger partial charge >= 0.3 is 0 Å². The zero-order valence-electron chi connectivity index (χ0n) is 7.99. The number of ether oxygens (including phenoxy) is 1. The van der Waals surface area contributed by atoms with E-state index in [1.807, 2.05) is 0 Å². The van der Waals surface area contributed by atoms with E-state index in [9.17, 15) is 0 Å². The highest BCUT2D eigenvalue weighted by Crippen LogP contribution is 2.12. The second kappa shape index (κ2) is 5.14. The minimum Gasteiger partial charge on any atom is -0.374 e. The molecular formula is C8H15N3OS. The molecule has 0 aliphatic rings. The largest absolute Gasteiger partial charge is 0.374 e. The highest BCUT2D eigenvalue weighted by atomic mass is 32.1. The molecule has 0 radical (unpaired) electrons. The fraction of sp³-hybridized carbons (Fsp3) is 0.750. The number of hydrogen-bond donors (Lipinski definition) is 1. The Hall–Kier alpha value is -0.680. The van der Waals surface area contributed by atoms with Crippen molar-refractivity contribution in [1.29, 1.82) is 0 Å². The van der Waals surface area contributed by atoms with E-state index >= 15 is 0 Å². The number of hydrogen-bond acceptors (Lipinski definition) is 5. The molecule has 0 amide bonds. The van der Waals surface area contributed by atoms with Crippen LogP contribution in [0.3, 0.4) is 0 Å². The van der Waals surface area contributed by atoms with Crippen LogP contribution in [0, 0.1) is 5.92 Å². The average Bonchev–Trinajstić information content (AvgIpc) is 2.45. The zero-order chi connectivity index (χ0) is 9.68. The van der Waals surface area contributed by atoms with Crippen molar-refractivity contribution in [2.45, 2.75) is 26.9 Å². The predicted octanol–water partition coefficient (Wildman–Crippen LogP) is 1.68. The third kappa shape index (κ3) is 4.19. The molecule has 0 atom stereocenters. The molecule has 0 saturated carbocycles. The number of nitrogen functional groups attached to an aromatic ring is 1. The van der Waals surface area contributed by atoms with Crippen LogP contribution < -0.4 is 5.73 Å². The lowest BCUT2D eigenvalue weighted by Crippen LogP contribution is -1.98. The molecule has 5 heteroatoms. The number of nitrogens with two attached hydrogens (primary N) is 1. The van der Waals surface area contributed by atoms with Gasteiger partial charge in [0.15, 0.2) is 0 Å². The number of aromatic nitrogens is 2. The molecule has 0 aliphatic carbocycles. The summed E-state index contributed by atoms with van der Waals surface area (Å²) >= 11 is 1.38. The van der Waals surface area contributed by atoms with Gasteiger partial charge in [0.1, 0.15) is 11.6 Å². The monoisotopic (exact) mass is 201 g/mol. The van der Waals surface area contributed by atoms with Gasteiger partial charge in [0.25, 0.3) is 0 Å². The van der Waals surface area contributed by atoms with Crippen LogP contribution >= 0.6 is 11.3 Å². The zero-order valence-corrected chi connectivity index (χ0v) is 8.80. The van der Waals surface area contributed by atoms with Crippen LogP contribution in [0.1, 0.15) is 25.3 Å². The first-order valence-electron chi connectivity index (χ1n) is 4.34. The minimum absolute atomic E-state index is 0.502. The normalized spacial score (nSPS) is 11.0. The SMILES string of the molecule is CC(C)CCOCc1nnc(N)s1. The van der Waals surface area contributed by atoms with Gasteiger partial charge in [-0.3, -0.25) is 0 Å². The molecular weight excluding hydrogens is 186 g/mol. The summed E-state index contributed by atoms with van der Waals surface area (Å²) in [6, 6.07) is 0. The van der Waals surface area contributed by atoms with E-state index < -0.39 is 0 Å². The number of nitrogens with zero attached hydrogens (tertiary/aromatic N) is 2. The molecule has 13 heavy (non-hydrogen) atoms. The molecule has 2 N–H and O–H groups in total. The van der Waals surface area contributed by atoms with Crippen molar-refractivity contribution in [3.63, 3.8) is 0 Å². The second-order valence-corrected chi connectivity index (χ2v) is 4.36. The van der Waals surface area contributed by atoms with E-state index in [2.05, 4.69) is 24.0 Å². The van der Waals surface area contributed by atoms with Crippen LogP contribution in [-0.2, 0) is 11.3 Å². The first-order chi connectivity index (χ1) is 6.18. The highest BCUT2D eigenvalue weighted by Gasteiger charge is 2.00. The van der Waals surface area contributed by atoms with Crippen LogP contribution in [0.4, 0.5) is 5.13 Å². The summed E-state index contributed by atoms with van der Waals surface area (Å²) in [5, 5.41) is 8.90. The van der Waals surface area contributed by atoms with E-state index in [-0.39, 0.29) is 0 Å². The van der Waals surface area contributed by atoms with Gasteiger partial charge in [0.2, 0.25) is 5.13 Å². The van der Waals surface area contributed by atoms with Gasteiger partial charge in [0, 0.05) is 6.61 Å². The Kier molecular flexibility index (Phi) is 4.11. The van der Waals surface area contributed by atoms with Crippen LogP contribution in [-0.4, -0.2) is 16.8 Å². The smallest absolute Gasteiger partial charge is 0.203 e. The Bertz CT molecular complexity index is 249. The summed E-state index contributed by atoms with van der Waals surface area (Å²) in [6.45, 7) is 5.65. The molecule has 0 aliphatic heterocycles. The predicted molar refractivity (Wildman–Crippen MR) is 53.4 cm³/mol. The summed E-state index contributed by atoms with van der Waals surface area (Å²) in [7, 11) is 0. The maximum absolute atomic E-state index is 5.42. The summed E-state index contributed by atoms with van der Waals surface area (Å²) in [6.07, 6.45) is 1.08. The molecule has 0 bridgehead atoms. The Labute approximate surface area is 82.1 Å². The van der Waals surface area contributed by atoms with Gasteiger partial charge in [-0.15, -0.1) is 10.2 Å². The van der Waals surface area contributed by atoms with Crippen LogP contribution in [0.2, 0.25) is 0 Å². The van der Waals surface area contributed by atoms with Gasteiger partial charge in [0.05, 0.1) is 0 Å². The molecule has 74 valence electrons. The van der Waals surface area contributed by atoms with E-state index in [1.165, 1.54) is 11.3 Å². The molecule has 0 spiro atoms. The van der Waals surface area contributed by atoms with E-state index in [0.717, 1.165) is 18.0 Å². The summed E-state index contributed by atoms with van der Waals surface area (Å²) in [5.41, 5.74) is 5.42. The lowest BCUT2D eigenvalue weighted by atomic mass is 10.1. The third-order valence-corrected chi connectivity index (χ3v) is 2.27. The fourth-order valence-electron chi connectivity index (χ4n) is 0.803. The molecule has 1 heterocycles. The number of anilines is 1. The maximum Gasteiger partial charge on any atom is 0.203 e. The number of rotatable bonds is 5. The second-order valence-electron chi connectivity index (χ2n) is 3.27. The topological polar surface area (TPSA) is 61.0 Å². The highest BCUT2D eigenvalue weighted by molar-refractivity contribution is 7.15. The van der Waals surface area contributed by atoms with Crippen LogP contribution in [0.5, 0.6) is 0 Å². The lowest BCUT2D eigenvalue weighted by molar-refractivity contribution is 0.110. The van der Waals surface area contributed by atoms with Crippen molar-refractivity contribution in [2.75, 3.05) is 12.3 Å². The molecule has 1 aromatic rings. The fourth-order valence-corrected chi connectivity index (χ4v) is 1.35. The van der Waals surface area contributed by atoms with Crippen molar-refractivity contribution in [3.8, 4) is 0 Å². The first-order valence-corrected chi connectivity index (χ1v) is 5.15. The van der Waals surface area contributed by atoms with Crippen molar-refractivity contribution < 1.29 is 4.74 Å². The first kappa shape index (κ1) is 10.4. The maximum atomic E-state index is 5.42. The molecule has 1 aromatic heterocycles. The molecule has 0 aromatic carbocycles. The third-order valence-electron chi connectivity index (χ3n) is 1.55. The van der Waals surface area contributed by atoms with E-state index in [0.29, 0.717) is 17.7 Å². The molecule has 1 rings (SSSR count). The molecule has 4 nitrogen and oxygen atoms in total. The molecule has 0 unspecified atom stereocenters. The standard InChI is InChI=1S/C8H15N3OS/c1-6(2)3-4-12-5-7-10-11-8(9)13-7/h6H,3-5H2,1-2H3,(H2,9,11). The Morgan fingerprint density at radius 2 is 2.23 bits per heavy atom. The average molecular weight is 201 g/mol. The summed E-state index contributed by atoms with van der Waals surface area (Å²) in [4.78, 5) is 0. The molecule has 0 saturated heterocycles. The van der Waals surface area contributed by atoms with Crippen molar-refractivity contribution in [3.05, 3.63) is 5.01 Å². The summed E-state index contributed by atoms with van der Waals surface area (Å²) < 4.78 is 5.40. The Morgan fingerprint density at radius 1 is 1.46 bits per heavy atom. The van der Waals surface area contributed by atoms with Gasteiger partial charge in [-0.1, -0.05) is 25.2 Å². The minimum atomic E-state index is 0.502. The van der Waals surface area contributed by atoms with Crippen molar-refractivity contribution in [2.24, 2.45) is 5.92 Å². The van der Waals surface area contributed by atoms with Crippen LogP contribution in [0.15, 0.2) is 0 Å². The van der Waals surface area contributed by atoms with E-state index in [4.69, 9.17) is 10.5 Å². The Balaban J connectivity index is 2.13. The Morgan fingerprint density at radius 3 is 2.77 bits per heavy atom. The van der Waals surface area contributed by atoms with Crippen LogP contribution in [0.25, 0.3) is 0 Å². The van der Waals surface area contributed by atoms with Crippen molar-refractivity contribution in [1.82, 2.24) is 10.2 Å². The summed E-state index contributed by atoms with van der Waals surface area (Å²) in [5.74, 6) is 0.680. The lowest BCUT2D eigenvalue weighted by Gasteiger charge is -2.03. The van der Waals surface area contributed by atoms with Gasteiger partial charge in [-0.2, -0.15) is 0 Å². The van der Waals surface area contributed by atoms with Gasteiger partial charge in [-0.25, -0.2) is 0 Å².